The van der Waals surface area contributed by atoms with Crippen LogP contribution in [0.4, 0.5) is 0 Å². The van der Waals surface area contributed by atoms with Crippen molar-refractivity contribution in [2.75, 3.05) is 0 Å². The number of nitrogens with one attached hydrogen (secondary N) is 1. The molecule has 1 rings (SSSR count). The van der Waals surface area contributed by atoms with Crippen LogP contribution in [0.3, 0.4) is 0 Å². The molecular formula is C14H22N2O2. The van der Waals surface area contributed by atoms with Gasteiger partial charge in [0.1, 0.15) is 5.75 Å². The molecule has 18 heavy (non-hydrogen) atoms. The second kappa shape index (κ2) is 4.61. The maximum Gasteiger partial charge on any atom is 0.243 e. The maximum absolute atomic E-state index is 11.8. The van der Waals surface area contributed by atoms with Gasteiger partial charge in [-0.1, -0.05) is 32.9 Å². The third-order valence-electron chi connectivity index (χ3n) is 3.23. The third kappa shape index (κ3) is 2.64. The molecule has 0 atom stereocenters. The molecule has 0 saturated heterocycles. The van der Waals surface area contributed by atoms with E-state index in [1.165, 1.54) is 0 Å². The first kappa shape index (κ1) is 14.5. The molecule has 100 valence electrons. The maximum atomic E-state index is 11.8. The van der Waals surface area contributed by atoms with Gasteiger partial charge in [0.2, 0.25) is 5.91 Å². The molecule has 0 fully saturated rings. The van der Waals surface area contributed by atoms with E-state index in [1.54, 1.807) is 26.0 Å². The third-order valence-corrected chi connectivity index (χ3v) is 3.23. The molecule has 1 aromatic rings. The van der Waals surface area contributed by atoms with Gasteiger partial charge in [-0.3, -0.25) is 10.2 Å². The lowest BCUT2D eigenvalue weighted by Crippen LogP contribution is -2.43. The van der Waals surface area contributed by atoms with Crippen LogP contribution < -0.4 is 11.3 Å². The number of phenolic OH excluding ortho intramolecular Hbond substituents is 1. The van der Waals surface area contributed by atoms with E-state index in [4.69, 9.17) is 5.84 Å². The molecular weight excluding hydrogens is 228 g/mol. The van der Waals surface area contributed by atoms with Gasteiger partial charge in [-0.25, -0.2) is 5.84 Å². The standard InChI is InChI=1S/C14H22N2O2/c1-13(2,3)10-8-9(6-7-11(10)17)14(4,5)12(18)16-15/h6-8,17H,15H2,1-5H3,(H,16,18). The van der Waals surface area contributed by atoms with Crippen molar-refractivity contribution in [3.8, 4) is 5.75 Å². The normalized spacial score (nSPS) is 12.3. The fraction of sp³-hybridized carbons (Fsp3) is 0.500. The molecule has 4 nitrogen and oxygen atoms in total. The van der Waals surface area contributed by atoms with Gasteiger partial charge in [-0.05, 0) is 36.5 Å². The lowest BCUT2D eigenvalue weighted by atomic mass is 9.79. The zero-order chi connectivity index (χ0) is 14.1. The average molecular weight is 250 g/mol. The molecule has 1 aromatic carbocycles. The molecule has 1 amide bonds. The number of hydrogen-bond acceptors (Lipinski definition) is 3. The number of aromatic hydroxyl groups is 1. The molecule has 0 aromatic heterocycles. The minimum atomic E-state index is -0.734. The number of hydrazine groups is 1. The van der Waals surface area contributed by atoms with Gasteiger partial charge in [0.15, 0.2) is 0 Å². The molecule has 4 heteroatoms. The van der Waals surface area contributed by atoms with Crippen LogP contribution in [0.5, 0.6) is 5.75 Å². The highest BCUT2D eigenvalue weighted by atomic mass is 16.3. The Labute approximate surface area is 108 Å². The Kier molecular flexibility index (Phi) is 3.72. The number of amides is 1. The Hall–Kier alpha value is -1.55. The van der Waals surface area contributed by atoms with Crippen LogP contribution in [0, 0.1) is 0 Å². The number of carbonyl (C=O) groups is 1. The summed E-state index contributed by atoms with van der Waals surface area (Å²) in [7, 11) is 0. The Morgan fingerprint density at radius 1 is 1.22 bits per heavy atom. The second-order valence-electron chi connectivity index (χ2n) is 6.08. The zero-order valence-electron chi connectivity index (χ0n) is 11.7. The summed E-state index contributed by atoms with van der Waals surface area (Å²) in [5, 5.41) is 9.91. The van der Waals surface area contributed by atoms with E-state index in [0.717, 1.165) is 11.1 Å². The zero-order valence-corrected chi connectivity index (χ0v) is 11.7. The Balaban J connectivity index is 3.33. The van der Waals surface area contributed by atoms with Crippen LogP contribution in [0.1, 0.15) is 45.7 Å². The van der Waals surface area contributed by atoms with E-state index in [9.17, 15) is 9.90 Å². The van der Waals surface area contributed by atoms with Gasteiger partial charge in [0.05, 0.1) is 5.41 Å². The first-order valence-corrected chi connectivity index (χ1v) is 5.95. The van der Waals surface area contributed by atoms with Crippen LogP contribution in [0.2, 0.25) is 0 Å². The predicted octanol–water partition coefficient (Wildman–Crippen LogP) is 1.96. The van der Waals surface area contributed by atoms with Crippen LogP contribution >= 0.6 is 0 Å². The van der Waals surface area contributed by atoms with E-state index < -0.39 is 5.41 Å². The van der Waals surface area contributed by atoms with Crippen LogP contribution in [0.15, 0.2) is 18.2 Å². The lowest BCUT2D eigenvalue weighted by molar-refractivity contribution is -0.125. The fourth-order valence-electron chi connectivity index (χ4n) is 1.84. The molecule has 0 saturated carbocycles. The monoisotopic (exact) mass is 250 g/mol. The molecule has 0 spiro atoms. The average Bonchev–Trinajstić information content (AvgIpc) is 2.26. The van der Waals surface area contributed by atoms with Crippen molar-refractivity contribution in [1.82, 2.24) is 5.43 Å². The number of phenols is 1. The van der Waals surface area contributed by atoms with E-state index >= 15 is 0 Å². The predicted molar refractivity (Wildman–Crippen MR) is 72.2 cm³/mol. The molecule has 0 heterocycles. The van der Waals surface area contributed by atoms with E-state index in [-0.39, 0.29) is 17.1 Å². The SMILES string of the molecule is CC(C)(C)c1cc(C(C)(C)C(=O)NN)ccc1O. The summed E-state index contributed by atoms with van der Waals surface area (Å²) in [6, 6.07) is 5.24. The first-order valence-electron chi connectivity index (χ1n) is 5.95. The summed E-state index contributed by atoms with van der Waals surface area (Å²) >= 11 is 0. The summed E-state index contributed by atoms with van der Waals surface area (Å²) in [4.78, 5) is 11.8. The van der Waals surface area contributed by atoms with Gasteiger partial charge in [-0.15, -0.1) is 0 Å². The number of nitrogens with two attached hydrogens (primary N) is 1. The van der Waals surface area contributed by atoms with E-state index in [1.807, 2.05) is 26.8 Å². The topological polar surface area (TPSA) is 75.4 Å². The molecule has 0 radical (unpaired) electrons. The van der Waals surface area contributed by atoms with Crippen molar-refractivity contribution < 1.29 is 9.90 Å². The van der Waals surface area contributed by atoms with Gasteiger partial charge < -0.3 is 5.11 Å². The summed E-state index contributed by atoms with van der Waals surface area (Å²) in [5.74, 6) is 5.19. The summed E-state index contributed by atoms with van der Waals surface area (Å²) in [6.07, 6.45) is 0. The highest BCUT2D eigenvalue weighted by Gasteiger charge is 2.31. The van der Waals surface area contributed by atoms with Crippen LogP contribution in [-0.4, -0.2) is 11.0 Å². The minimum absolute atomic E-state index is 0.185. The fourth-order valence-corrected chi connectivity index (χ4v) is 1.84. The number of benzene rings is 1. The molecule has 0 unspecified atom stereocenters. The van der Waals surface area contributed by atoms with E-state index in [2.05, 4.69) is 5.43 Å². The van der Waals surface area contributed by atoms with Crippen LogP contribution in [0.25, 0.3) is 0 Å². The molecule has 0 aliphatic heterocycles. The van der Waals surface area contributed by atoms with Crippen LogP contribution in [-0.2, 0) is 15.6 Å². The molecule has 4 N–H and O–H groups in total. The van der Waals surface area contributed by atoms with Crippen molar-refractivity contribution in [3.05, 3.63) is 29.3 Å². The molecule has 0 bridgehead atoms. The first-order chi connectivity index (χ1) is 8.10. The summed E-state index contributed by atoms with van der Waals surface area (Å²) in [5.41, 5.74) is 2.90. The van der Waals surface area contributed by atoms with Crippen molar-refractivity contribution in [2.24, 2.45) is 5.84 Å². The Bertz CT molecular complexity index is 459. The molecule has 0 aliphatic carbocycles. The number of rotatable bonds is 2. The minimum Gasteiger partial charge on any atom is -0.508 e. The summed E-state index contributed by atoms with van der Waals surface area (Å²) in [6.45, 7) is 9.65. The number of hydrogen-bond donors (Lipinski definition) is 3. The summed E-state index contributed by atoms with van der Waals surface area (Å²) < 4.78 is 0. The Morgan fingerprint density at radius 2 is 1.78 bits per heavy atom. The second-order valence-corrected chi connectivity index (χ2v) is 6.08. The highest BCUT2D eigenvalue weighted by molar-refractivity contribution is 5.86. The van der Waals surface area contributed by atoms with Crippen molar-refractivity contribution in [2.45, 2.75) is 45.4 Å². The number of carbonyl (C=O) groups excluding carboxylic acids is 1. The Morgan fingerprint density at radius 3 is 2.22 bits per heavy atom. The van der Waals surface area contributed by atoms with Gasteiger partial charge in [0, 0.05) is 0 Å². The molecule has 0 aliphatic rings. The quantitative estimate of drug-likeness (QED) is 0.426. The van der Waals surface area contributed by atoms with Crippen molar-refractivity contribution in [1.29, 1.82) is 0 Å². The largest absolute Gasteiger partial charge is 0.508 e. The van der Waals surface area contributed by atoms with Crippen molar-refractivity contribution >= 4 is 5.91 Å². The van der Waals surface area contributed by atoms with E-state index in [0.29, 0.717) is 0 Å². The van der Waals surface area contributed by atoms with Gasteiger partial charge in [0.25, 0.3) is 0 Å². The highest BCUT2D eigenvalue weighted by Crippen LogP contribution is 2.34. The smallest absolute Gasteiger partial charge is 0.243 e. The van der Waals surface area contributed by atoms with Gasteiger partial charge in [-0.2, -0.15) is 0 Å². The van der Waals surface area contributed by atoms with Crippen molar-refractivity contribution in [3.63, 3.8) is 0 Å². The van der Waals surface area contributed by atoms with Gasteiger partial charge >= 0.3 is 0 Å². The lowest BCUT2D eigenvalue weighted by Gasteiger charge is -2.27.